The Bertz CT molecular complexity index is 708. The van der Waals surface area contributed by atoms with Gasteiger partial charge in [-0.3, -0.25) is 19.3 Å². The number of carbonyl (C=O) groups excluding carboxylic acids is 3. The molecule has 0 radical (unpaired) electrons. The second kappa shape index (κ2) is 6.38. The summed E-state index contributed by atoms with van der Waals surface area (Å²) in [7, 11) is 0. The lowest BCUT2D eigenvalue weighted by molar-refractivity contribution is -0.140. The number of nitrogens with zero attached hydrogens (tertiary/aromatic N) is 1. The fraction of sp³-hybridized carbons (Fsp3) is 0.500. The number of fused-ring (bicyclic) bond motifs is 2. The highest BCUT2D eigenvalue weighted by atomic mass is 16.7. The third-order valence-corrected chi connectivity index (χ3v) is 5.15. The van der Waals surface area contributed by atoms with E-state index in [9.17, 15) is 14.4 Å². The number of rotatable bonds is 4. The van der Waals surface area contributed by atoms with Gasteiger partial charge in [0.1, 0.15) is 0 Å². The Hall–Kier alpha value is -2.57. The number of ether oxygens (including phenoxy) is 2. The standard InChI is InChI=1S/C18H20N2O5/c21-16(19-11-5-6-14-15(9-11)25-10-24-14)7-8-20-17(22)12-3-1-2-4-13(12)18(20)23/h5-6,9,12-13H,1-4,7-8,10H2,(H,19,21)/t12-,13-/m0/s1. The average Bonchev–Trinajstić information content (AvgIpc) is 3.17. The molecule has 0 spiro atoms. The summed E-state index contributed by atoms with van der Waals surface area (Å²) in [4.78, 5) is 38.2. The smallest absolute Gasteiger partial charge is 0.233 e. The van der Waals surface area contributed by atoms with Crippen LogP contribution in [0.3, 0.4) is 0 Å². The first kappa shape index (κ1) is 15.9. The quantitative estimate of drug-likeness (QED) is 0.844. The number of nitrogens with one attached hydrogen (secondary N) is 1. The van der Waals surface area contributed by atoms with E-state index in [1.807, 2.05) is 0 Å². The molecule has 25 heavy (non-hydrogen) atoms. The topological polar surface area (TPSA) is 84.9 Å². The van der Waals surface area contributed by atoms with Gasteiger partial charge in [-0.1, -0.05) is 12.8 Å². The minimum absolute atomic E-state index is 0.0887. The predicted octanol–water partition coefficient (Wildman–Crippen LogP) is 1.92. The Morgan fingerprint density at radius 3 is 2.48 bits per heavy atom. The van der Waals surface area contributed by atoms with Gasteiger partial charge in [-0.25, -0.2) is 0 Å². The summed E-state index contributed by atoms with van der Waals surface area (Å²) in [5, 5.41) is 2.76. The molecule has 0 bridgehead atoms. The summed E-state index contributed by atoms with van der Waals surface area (Å²) in [5.74, 6) is 0.447. The monoisotopic (exact) mass is 344 g/mol. The Morgan fingerprint density at radius 1 is 1.08 bits per heavy atom. The van der Waals surface area contributed by atoms with Crippen molar-refractivity contribution in [3.63, 3.8) is 0 Å². The van der Waals surface area contributed by atoms with Gasteiger partial charge in [0.15, 0.2) is 11.5 Å². The SMILES string of the molecule is O=C(CCN1C(=O)[C@H]2CCCC[C@@H]2C1=O)Nc1ccc2c(c1)OCO2. The minimum atomic E-state index is -0.241. The molecule has 7 nitrogen and oxygen atoms in total. The van der Waals surface area contributed by atoms with Crippen LogP contribution in [0.25, 0.3) is 0 Å². The van der Waals surface area contributed by atoms with E-state index < -0.39 is 0 Å². The third kappa shape index (κ3) is 2.94. The first-order valence-electron chi connectivity index (χ1n) is 8.68. The van der Waals surface area contributed by atoms with Gasteiger partial charge in [0.05, 0.1) is 11.8 Å². The summed E-state index contributed by atoms with van der Waals surface area (Å²) in [6.45, 7) is 0.315. The number of hydrogen-bond acceptors (Lipinski definition) is 5. The van der Waals surface area contributed by atoms with Crippen LogP contribution in [0.2, 0.25) is 0 Å². The Labute approximate surface area is 145 Å². The zero-order valence-corrected chi connectivity index (χ0v) is 13.8. The van der Waals surface area contributed by atoms with Crippen molar-refractivity contribution in [1.29, 1.82) is 0 Å². The summed E-state index contributed by atoms with van der Waals surface area (Å²) in [5.41, 5.74) is 0.599. The molecule has 132 valence electrons. The zero-order valence-electron chi connectivity index (χ0n) is 13.8. The van der Waals surface area contributed by atoms with Crippen LogP contribution in [0.15, 0.2) is 18.2 Å². The van der Waals surface area contributed by atoms with Gasteiger partial charge in [0.25, 0.3) is 0 Å². The molecule has 2 fully saturated rings. The van der Waals surface area contributed by atoms with E-state index in [0.717, 1.165) is 25.7 Å². The van der Waals surface area contributed by atoms with Gasteiger partial charge < -0.3 is 14.8 Å². The first-order valence-corrected chi connectivity index (χ1v) is 8.68. The molecule has 1 saturated heterocycles. The van der Waals surface area contributed by atoms with Crippen LogP contribution in [0.1, 0.15) is 32.1 Å². The van der Waals surface area contributed by atoms with Crippen molar-refractivity contribution >= 4 is 23.4 Å². The normalized spacial score (nSPS) is 24.4. The first-order chi connectivity index (χ1) is 12.1. The highest BCUT2D eigenvalue weighted by Crippen LogP contribution is 2.38. The highest BCUT2D eigenvalue weighted by molar-refractivity contribution is 6.05. The Morgan fingerprint density at radius 2 is 1.76 bits per heavy atom. The number of imide groups is 1. The van der Waals surface area contributed by atoms with Crippen LogP contribution in [0.5, 0.6) is 11.5 Å². The molecular weight excluding hydrogens is 324 g/mol. The van der Waals surface area contributed by atoms with E-state index in [-0.39, 0.29) is 49.3 Å². The maximum absolute atomic E-state index is 12.4. The van der Waals surface area contributed by atoms with Crippen molar-refractivity contribution in [3.8, 4) is 11.5 Å². The highest BCUT2D eigenvalue weighted by Gasteiger charge is 2.47. The molecule has 1 aromatic carbocycles. The molecule has 3 amide bonds. The van der Waals surface area contributed by atoms with Crippen LogP contribution in [0.4, 0.5) is 5.69 Å². The third-order valence-electron chi connectivity index (χ3n) is 5.15. The molecule has 0 unspecified atom stereocenters. The van der Waals surface area contributed by atoms with E-state index >= 15 is 0 Å². The van der Waals surface area contributed by atoms with Gasteiger partial charge >= 0.3 is 0 Å². The Kier molecular flexibility index (Phi) is 4.07. The summed E-state index contributed by atoms with van der Waals surface area (Å²) >= 11 is 0. The molecule has 7 heteroatoms. The van der Waals surface area contributed by atoms with Gasteiger partial charge in [0, 0.05) is 24.7 Å². The van der Waals surface area contributed by atoms with Crippen molar-refractivity contribution in [2.45, 2.75) is 32.1 Å². The molecule has 1 aromatic rings. The number of likely N-dealkylation sites (tertiary alicyclic amines) is 1. The van der Waals surface area contributed by atoms with Crippen molar-refractivity contribution in [3.05, 3.63) is 18.2 Å². The van der Waals surface area contributed by atoms with Crippen molar-refractivity contribution in [2.75, 3.05) is 18.7 Å². The maximum Gasteiger partial charge on any atom is 0.233 e. The lowest BCUT2D eigenvalue weighted by atomic mass is 9.81. The van der Waals surface area contributed by atoms with Crippen LogP contribution in [-0.2, 0) is 14.4 Å². The molecule has 4 rings (SSSR count). The van der Waals surface area contributed by atoms with Crippen LogP contribution >= 0.6 is 0 Å². The fourth-order valence-electron chi connectivity index (χ4n) is 3.86. The van der Waals surface area contributed by atoms with E-state index in [4.69, 9.17) is 9.47 Å². The second-order valence-corrected chi connectivity index (χ2v) is 6.69. The lowest BCUT2D eigenvalue weighted by Gasteiger charge is -2.19. The van der Waals surface area contributed by atoms with Crippen molar-refractivity contribution in [1.82, 2.24) is 4.90 Å². The minimum Gasteiger partial charge on any atom is -0.454 e. The van der Waals surface area contributed by atoms with Crippen molar-refractivity contribution < 1.29 is 23.9 Å². The molecule has 1 N–H and O–H groups in total. The molecule has 2 aliphatic heterocycles. The molecule has 2 heterocycles. The molecular formula is C18H20N2O5. The van der Waals surface area contributed by atoms with E-state index in [2.05, 4.69) is 5.32 Å². The Balaban J connectivity index is 1.34. The van der Waals surface area contributed by atoms with E-state index in [1.165, 1.54) is 4.90 Å². The predicted molar refractivity (Wildman–Crippen MR) is 88.0 cm³/mol. The molecule has 3 aliphatic rings. The fourth-order valence-corrected chi connectivity index (χ4v) is 3.86. The van der Waals surface area contributed by atoms with Gasteiger partial charge in [-0.05, 0) is 25.0 Å². The maximum atomic E-state index is 12.4. The number of hydrogen-bond donors (Lipinski definition) is 1. The number of amides is 3. The molecule has 1 aliphatic carbocycles. The number of anilines is 1. The van der Waals surface area contributed by atoms with Crippen LogP contribution in [-0.4, -0.2) is 36.0 Å². The number of benzene rings is 1. The van der Waals surface area contributed by atoms with E-state index in [0.29, 0.717) is 17.2 Å². The summed E-state index contributed by atoms with van der Waals surface area (Å²) in [6, 6.07) is 5.16. The van der Waals surface area contributed by atoms with E-state index in [1.54, 1.807) is 18.2 Å². The second-order valence-electron chi connectivity index (χ2n) is 6.69. The van der Waals surface area contributed by atoms with Gasteiger partial charge in [0.2, 0.25) is 24.5 Å². The molecule has 0 aromatic heterocycles. The lowest BCUT2D eigenvalue weighted by Crippen LogP contribution is -2.34. The summed E-state index contributed by atoms with van der Waals surface area (Å²) in [6.07, 6.45) is 3.66. The largest absolute Gasteiger partial charge is 0.454 e. The number of carbonyl (C=O) groups is 3. The molecule has 2 atom stereocenters. The van der Waals surface area contributed by atoms with Crippen LogP contribution in [0, 0.1) is 11.8 Å². The van der Waals surface area contributed by atoms with Gasteiger partial charge in [-0.15, -0.1) is 0 Å². The van der Waals surface area contributed by atoms with Crippen LogP contribution < -0.4 is 14.8 Å². The van der Waals surface area contributed by atoms with Gasteiger partial charge in [-0.2, -0.15) is 0 Å². The average molecular weight is 344 g/mol. The zero-order chi connectivity index (χ0) is 17.4. The summed E-state index contributed by atoms with van der Waals surface area (Å²) < 4.78 is 10.5. The van der Waals surface area contributed by atoms with Crippen molar-refractivity contribution in [2.24, 2.45) is 11.8 Å². The molecule has 1 saturated carbocycles.